The van der Waals surface area contributed by atoms with E-state index in [1.54, 1.807) is 4.68 Å². The average Bonchev–Trinajstić information content (AvgIpc) is 3.34. The van der Waals surface area contributed by atoms with Gasteiger partial charge in [-0.3, -0.25) is 0 Å². The summed E-state index contributed by atoms with van der Waals surface area (Å²) < 4.78 is 13.5. The molecule has 7 nitrogen and oxygen atoms in total. The fourth-order valence-electron chi connectivity index (χ4n) is 4.01. The molecule has 1 saturated heterocycles. The van der Waals surface area contributed by atoms with Gasteiger partial charge in [0.1, 0.15) is 12.4 Å². The lowest BCUT2D eigenvalue weighted by molar-refractivity contribution is 0.0673. The van der Waals surface area contributed by atoms with E-state index in [9.17, 15) is 9.90 Å². The number of aromatic carboxylic acids is 1. The molecule has 29 heavy (non-hydrogen) atoms. The maximum absolute atomic E-state index is 11.7. The van der Waals surface area contributed by atoms with Crippen LogP contribution in [0.3, 0.4) is 0 Å². The Hall–Kier alpha value is -2.93. The molecule has 5 rings (SSSR count). The maximum atomic E-state index is 11.7. The van der Waals surface area contributed by atoms with Gasteiger partial charge in [-0.25, -0.2) is 14.5 Å². The second-order valence-corrected chi connectivity index (χ2v) is 7.72. The van der Waals surface area contributed by atoms with Gasteiger partial charge in [0, 0.05) is 18.6 Å². The van der Waals surface area contributed by atoms with Crippen molar-refractivity contribution in [1.29, 1.82) is 0 Å². The number of hydrogen-bond donors (Lipinski definition) is 1. The van der Waals surface area contributed by atoms with Crippen molar-refractivity contribution < 1.29 is 19.4 Å². The van der Waals surface area contributed by atoms with Crippen molar-refractivity contribution in [2.75, 3.05) is 13.2 Å². The second kappa shape index (κ2) is 7.48. The van der Waals surface area contributed by atoms with E-state index in [1.165, 1.54) is 12.5 Å². The summed E-state index contributed by atoms with van der Waals surface area (Å²) in [5.74, 6) is -0.197. The minimum atomic E-state index is -1.08. The third-order valence-electron chi connectivity index (χ3n) is 5.79. The Labute approximate surface area is 168 Å². The van der Waals surface area contributed by atoms with Crippen molar-refractivity contribution in [3.8, 4) is 11.4 Å². The van der Waals surface area contributed by atoms with Gasteiger partial charge in [0.15, 0.2) is 11.3 Å². The molecule has 0 amide bonds. The summed E-state index contributed by atoms with van der Waals surface area (Å²) in [5, 5.41) is 15.3. The molecule has 7 heteroatoms. The zero-order valence-electron chi connectivity index (χ0n) is 16.1. The van der Waals surface area contributed by atoms with Gasteiger partial charge in [0.05, 0.1) is 22.9 Å². The summed E-state index contributed by atoms with van der Waals surface area (Å²) in [4.78, 5) is 16.2. The molecule has 1 atom stereocenters. The first kappa shape index (κ1) is 18.1. The molecule has 1 aliphatic heterocycles. The number of para-hydroxylation sites is 1. The lowest BCUT2D eigenvalue weighted by Gasteiger charge is -2.24. The zero-order chi connectivity index (χ0) is 19.8. The first-order valence-corrected chi connectivity index (χ1v) is 10.2. The molecule has 1 N–H and O–H groups in total. The van der Waals surface area contributed by atoms with Crippen LogP contribution in [-0.2, 0) is 4.74 Å². The highest BCUT2D eigenvalue weighted by molar-refractivity contribution is 5.94. The Bertz CT molecular complexity index is 1040. The second-order valence-electron chi connectivity index (χ2n) is 7.72. The Morgan fingerprint density at radius 2 is 2.03 bits per heavy atom. The van der Waals surface area contributed by atoms with E-state index in [-0.39, 0.29) is 11.8 Å². The van der Waals surface area contributed by atoms with Gasteiger partial charge in [-0.2, -0.15) is 5.10 Å². The number of fused-ring (bicyclic) bond motifs is 1. The Morgan fingerprint density at radius 3 is 2.69 bits per heavy atom. The van der Waals surface area contributed by atoms with Crippen molar-refractivity contribution in [3.05, 3.63) is 47.8 Å². The van der Waals surface area contributed by atoms with Crippen LogP contribution < -0.4 is 4.74 Å². The van der Waals surface area contributed by atoms with Crippen molar-refractivity contribution in [1.82, 2.24) is 14.8 Å². The first-order chi connectivity index (χ1) is 14.2. The van der Waals surface area contributed by atoms with Crippen LogP contribution >= 0.6 is 0 Å². The van der Waals surface area contributed by atoms with Crippen molar-refractivity contribution >= 4 is 17.0 Å². The molecular formula is C22H23N3O4. The fourth-order valence-corrected chi connectivity index (χ4v) is 4.01. The van der Waals surface area contributed by atoms with E-state index in [0.717, 1.165) is 49.1 Å². The summed E-state index contributed by atoms with van der Waals surface area (Å²) in [6.45, 7) is 1.15. The minimum Gasteiger partial charge on any atom is -0.490 e. The van der Waals surface area contributed by atoms with E-state index >= 15 is 0 Å². The van der Waals surface area contributed by atoms with Crippen molar-refractivity contribution in [3.63, 3.8) is 0 Å². The Kier molecular flexibility index (Phi) is 4.67. The Balaban J connectivity index is 1.66. The van der Waals surface area contributed by atoms with Crippen molar-refractivity contribution in [2.45, 2.75) is 44.1 Å². The van der Waals surface area contributed by atoms with Gasteiger partial charge in [-0.15, -0.1) is 0 Å². The van der Waals surface area contributed by atoms with Crippen LogP contribution in [0.25, 0.3) is 16.7 Å². The van der Waals surface area contributed by atoms with Crippen LogP contribution in [0, 0.1) is 0 Å². The number of aromatic nitrogens is 3. The molecule has 2 aliphatic rings. The summed E-state index contributed by atoms with van der Waals surface area (Å²) in [6.07, 6.45) is 5.36. The number of carboxylic acid groups (broad SMARTS) is 1. The summed E-state index contributed by atoms with van der Waals surface area (Å²) >= 11 is 0. The number of ether oxygens (including phenoxy) is 2. The van der Waals surface area contributed by atoms with Gasteiger partial charge in [0.2, 0.25) is 0 Å². The van der Waals surface area contributed by atoms with Crippen molar-refractivity contribution in [2.24, 2.45) is 0 Å². The largest absolute Gasteiger partial charge is 0.490 e. The number of hydrogen-bond acceptors (Lipinski definition) is 5. The molecule has 1 saturated carbocycles. The quantitative estimate of drug-likeness (QED) is 0.683. The smallest absolute Gasteiger partial charge is 0.354 e. The number of carbonyl (C=O) groups is 1. The SMILES string of the molecule is O=C(O)c1cc(OC[C@@H]2CCCO2)c2c(C3CCC3)nn(-c3ccccc3)c2n1. The average molecular weight is 393 g/mol. The molecule has 0 bridgehead atoms. The van der Waals surface area contributed by atoms with Crippen LogP contribution in [0.2, 0.25) is 0 Å². The molecule has 3 aromatic rings. The van der Waals surface area contributed by atoms with E-state index in [4.69, 9.17) is 14.6 Å². The number of rotatable bonds is 6. The summed E-state index contributed by atoms with van der Waals surface area (Å²) in [6, 6.07) is 11.2. The van der Waals surface area contributed by atoms with Crippen LogP contribution in [-0.4, -0.2) is 45.2 Å². The topological polar surface area (TPSA) is 86.5 Å². The predicted octanol–water partition coefficient (Wildman–Crippen LogP) is 3.94. The third kappa shape index (κ3) is 3.35. The van der Waals surface area contributed by atoms with Crippen LogP contribution in [0.4, 0.5) is 0 Å². The van der Waals surface area contributed by atoms with Gasteiger partial charge >= 0.3 is 5.97 Å². The van der Waals surface area contributed by atoms with Gasteiger partial charge < -0.3 is 14.6 Å². The molecule has 2 aromatic heterocycles. The predicted molar refractivity (Wildman–Crippen MR) is 107 cm³/mol. The van der Waals surface area contributed by atoms with E-state index < -0.39 is 5.97 Å². The minimum absolute atomic E-state index is 0.0443. The Morgan fingerprint density at radius 1 is 1.21 bits per heavy atom. The van der Waals surface area contributed by atoms with E-state index in [1.807, 2.05) is 30.3 Å². The van der Waals surface area contributed by atoms with Gasteiger partial charge in [0.25, 0.3) is 0 Å². The first-order valence-electron chi connectivity index (χ1n) is 10.2. The molecular weight excluding hydrogens is 370 g/mol. The molecule has 150 valence electrons. The molecule has 0 unspecified atom stereocenters. The highest BCUT2D eigenvalue weighted by Crippen LogP contribution is 2.42. The number of nitrogens with zero attached hydrogens (tertiary/aromatic N) is 3. The standard InChI is InChI=1S/C22H23N3O4/c26-22(27)17-12-18(29-13-16-10-5-11-28-16)19-20(14-6-4-7-14)24-25(21(19)23-17)15-8-2-1-3-9-15/h1-3,8-9,12,14,16H,4-7,10-11,13H2,(H,26,27)/t16-/m0/s1. The summed E-state index contributed by atoms with van der Waals surface area (Å²) in [7, 11) is 0. The molecule has 2 fully saturated rings. The van der Waals surface area contributed by atoms with E-state index in [2.05, 4.69) is 4.98 Å². The number of benzene rings is 1. The highest BCUT2D eigenvalue weighted by Gasteiger charge is 2.30. The lowest BCUT2D eigenvalue weighted by Crippen LogP contribution is -2.17. The molecule has 1 aliphatic carbocycles. The van der Waals surface area contributed by atoms with Gasteiger partial charge in [-0.05, 0) is 37.8 Å². The van der Waals surface area contributed by atoms with Crippen LogP contribution in [0.15, 0.2) is 36.4 Å². The number of pyridine rings is 1. The van der Waals surface area contributed by atoms with E-state index in [0.29, 0.717) is 23.9 Å². The van der Waals surface area contributed by atoms with Gasteiger partial charge in [-0.1, -0.05) is 24.6 Å². The van der Waals surface area contributed by atoms with Crippen LogP contribution in [0.5, 0.6) is 5.75 Å². The highest BCUT2D eigenvalue weighted by atomic mass is 16.5. The van der Waals surface area contributed by atoms with Crippen LogP contribution in [0.1, 0.15) is 54.2 Å². The zero-order valence-corrected chi connectivity index (χ0v) is 16.1. The number of carboxylic acids is 1. The maximum Gasteiger partial charge on any atom is 0.354 e. The third-order valence-corrected chi connectivity index (χ3v) is 5.79. The summed E-state index contributed by atoms with van der Waals surface area (Å²) in [5.41, 5.74) is 2.28. The monoisotopic (exact) mass is 393 g/mol. The molecule has 1 aromatic carbocycles. The molecule has 3 heterocycles. The fraction of sp³-hybridized carbons (Fsp3) is 0.409. The molecule has 0 spiro atoms. The molecule has 0 radical (unpaired) electrons. The lowest BCUT2D eigenvalue weighted by atomic mass is 9.82. The normalized spacial score (nSPS) is 19.4.